The lowest BCUT2D eigenvalue weighted by atomic mass is 10.1. The number of fused-ring (bicyclic) bond motifs is 1. The predicted octanol–water partition coefficient (Wildman–Crippen LogP) is 2.71. The number of nitrogens with zero attached hydrogens (tertiary/aromatic N) is 2. The van der Waals surface area contributed by atoms with Gasteiger partial charge in [-0.25, -0.2) is 4.98 Å². The van der Waals surface area contributed by atoms with Gasteiger partial charge >= 0.3 is 0 Å². The molecule has 4 nitrogen and oxygen atoms in total. The predicted molar refractivity (Wildman–Crippen MR) is 75.6 cm³/mol. The summed E-state index contributed by atoms with van der Waals surface area (Å²) in [7, 11) is 1.58. The topological polar surface area (TPSA) is 61.0 Å². The summed E-state index contributed by atoms with van der Waals surface area (Å²) in [5, 5.41) is 0.808. The number of rotatable bonds is 3. The summed E-state index contributed by atoms with van der Waals surface area (Å²) in [5.41, 5.74) is 8.60. The third-order valence-corrected chi connectivity index (χ3v) is 4.11. The van der Waals surface area contributed by atoms with Crippen LogP contribution in [0.1, 0.15) is 17.5 Å². The SMILES string of the molecule is COc1cc(Sc2ccc3c(c2)CCC3)nc(N)n1. The number of aryl methyl sites for hydroxylation is 2. The number of nitrogen functional groups attached to an aromatic ring is 1. The van der Waals surface area contributed by atoms with Crippen LogP contribution in [0.15, 0.2) is 34.2 Å². The molecule has 0 saturated heterocycles. The zero-order chi connectivity index (χ0) is 13.2. The molecule has 0 unspecified atom stereocenters. The fourth-order valence-electron chi connectivity index (χ4n) is 2.31. The molecule has 0 saturated carbocycles. The molecule has 1 aromatic carbocycles. The second-order valence-electron chi connectivity index (χ2n) is 4.49. The maximum atomic E-state index is 5.66. The molecule has 0 aliphatic heterocycles. The smallest absolute Gasteiger partial charge is 0.224 e. The van der Waals surface area contributed by atoms with E-state index >= 15 is 0 Å². The van der Waals surface area contributed by atoms with E-state index in [1.807, 2.05) is 0 Å². The first kappa shape index (κ1) is 12.3. The molecular weight excluding hydrogens is 258 g/mol. The van der Waals surface area contributed by atoms with Gasteiger partial charge in [0.05, 0.1) is 7.11 Å². The van der Waals surface area contributed by atoms with Crippen molar-refractivity contribution >= 4 is 17.7 Å². The molecule has 1 aliphatic rings. The van der Waals surface area contributed by atoms with Crippen molar-refractivity contribution in [1.82, 2.24) is 9.97 Å². The van der Waals surface area contributed by atoms with Crippen molar-refractivity contribution in [3.63, 3.8) is 0 Å². The molecule has 0 bridgehead atoms. The quantitative estimate of drug-likeness (QED) is 0.871. The first-order valence-corrected chi connectivity index (χ1v) is 7.04. The van der Waals surface area contributed by atoms with Gasteiger partial charge < -0.3 is 10.5 Å². The van der Waals surface area contributed by atoms with Gasteiger partial charge in [-0.05, 0) is 42.5 Å². The van der Waals surface area contributed by atoms with Crippen molar-refractivity contribution in [2.45, 2.75) is 29.2 Å². The van der Waals surface area contributed by atoms with Crippen LogP contribution in [-0.2, 0) is 12.8 Å². The standard InChI is InChI=1S/C14H15N3OS/c1-18-12-8-13(17-14(15)16-12)19-11-6-5-9-3-2-4-10(9)7-11/h5-8H,2-4H2,1H3,(H2,15,16,17). The Morgan fingerprint density at radius 2 is 2.00 bits per heavy atom. The molecule has 2 N–H and O–H groups in total. The summed E-state index contributed by atoms with van der Waals surface area (Å²) in [4.78, 5) is 9.38. The van der Waals surface area contributed by atoms with Crippen molar-refractivity contribution in [2.24, 2.45) is 0 Å². The van der Waals surface area contributed by atoms with E-state index in [4.69, 9.17) is 10.5 Å². The second-order valence-corrected chi connectivity index (χ2v) is 5.59. The lowest BCUT2D eigenvalue weighted by molar-refractivity contribution is 0.396. The zero-order valence-electron chi connectivity index (χ0n) is 10.7. The molecule has 1 heterocycles. The number of nitrogens with two attached hydrogens (primary N) is 1. The third-order valence-electron chi connectivity index (χ3n) is 3.20. The molecule has 1 aliphatic carbocycles. The summed E-state index contributed by atoms with van der Waals surface area (Å²) in [6, 6.07) is 8.40. The Labute approximate surface area is 116 Å². The second kappa shape index (κ2) is 5.09. The van der Waals surface area contributed by atoms with Gasteiger partial charge in [0.1, 0.15) is 5.03 Å². The van der Waals surface area contributed by atoms with Gasteiger partial charge in [-0.1, -0.05) is 17.8 Å². The van der Waals surface area contributed by atoms with Crippen molar-refractivity contribution in [3.8, 4) is 5.88 Å². The summed E-state index contributed by atoms with van der Waals surface area (Å²) in [6.45, 7) is 0. The van der Waals surface area contributed by atoms with Gasteiger partial charge in [0.15, 0.2) is 0 Å². The number of ether oxygens (including phenoxy) is 1. The summed E-state index contributed by atoms with van der Waals surface area (Å²) < 4.78 is 5.10. The van der Waals surface area contributed by atoms with Crippen LogP contribution in [0.5, 0.6) is 5.88 Å². The van der Waals surface area contributed by atoms with Crippen molar-refractivity contribution in [2.75, 3.05) is 12.8 Å². The van der Waals surface area contributed by atoms with Crippen molar-refractivity contribution in [3.05, 3.63) is 35.4 Å². The van der Waals surface area contributed by atoms with E-state index in [9.17, 15) is 0 Å². The fraction of sp³-hybridized carbons (Fsp3) is 0.286. The lowest BCUT2D eigenvalue weighted by Gasteiger charge is -2.06. The number of anilines is 1. The van der Waals surface area contributed by atoms with Crippen LogP contribution in [0.3, 0.4) is 0 Å². The number of hydrogen-bond acceptors (Lipinski definition) is 5. The Bertz CT molecular complexity index is 616. The molecule has 0 fully saturated rings. The highest BCUT2D eigenvalue weighted by Crippen LogP contribution is 2.32. The van der Waals surface area contributed by atoms with Gasteiger partial charge in [0.25, 0.3) is 0 Å². The van der Waals surface area contributed by atoms with E-state index in [1.54, 1.807) is 24.9 Å². The highest BCUT2D eigenvalue weighted by Gasteiger charge is 2.12. The molecule has 2 aromatic rings. The van der Waals surface area contributed by atoms with Crippen LogP contribution < -0.4 is 10.5 Å². The molecule has 0 amide bonds. The number of methoxy groups -OCH3 is 1. The average molecular weight is 273 g/mol. The summed E-state index contributed by atoms with van der Waals surface area (Å²) in [5.74, 6) is 0.735. The van der Waals surface area contributed by atoms with E-state index < -0.39 is 0 Å². The molecule has 1 aromatic heterocycles. The number of hydrogen-bond donors (Lipinski definition) is 1. The summed E-state index contributed by atoms with van der Waals surface area (Å²) in [6.07, 6.45) is 3.64. The van der Waals surface area contributed by atoms with Gasteiger partial charge in [0.2, 0.25) is 11.8 Å². The van der Waals surface area contributed by atoms with Gasteiger partial charge in [-0.3, -0.25) is 0 Å². The highest BCUT2D eigenvalue weighted by molar-refractivity contribution is 7.99. The van der Waals surface area contributed by atoms with Crippen LogP contribution in [0.4, 0.5) is 5.95 Å². The van der Waals surface area contributed by atoms with Gasteiger partial charge in [-0.2, -0.15) is 4.98 Å². The van der Waals surface area contributed by atoms with Crippen molar-refractivity contribution < 1.29 is 4.74 Å². The molecule has 19 heavy (non-hydrogen) atoms. The molecule has 0 atom stereocenters. The molecular formula is C14H15N3OS. The maximum Gasteiger partial charge on any atom is 0.224 e. The minimum Gasteiger partial charge on any atom is -0.481 e. The fourth-order valence-corrected chi connectivity index (χ4v) is 3.19. The number of aromatic nitrogens is 2. The van der Waals surface area contributed by atoms with Gasteiger partial charge in [-0.15, -0.1) is 0 Å². The first-order valence-electron chi connectivity index (χ1n) is 6.23. The lowest BCUT2D eigenvalue weighted by Crippen LogP contribution is -1.98. The zero-order valence-corrected chi connectivity index (χ0v) is 11.5. The van der Waals surface area contributed by atoms with E-state index in [1.165, 1.54) is 35.3 Å². The Balaban J connectivity index is 1.86. The van der Waals surface area contributed by atoms with Gasteiger partial charge in [0, 0.05) is 11.0 Å². The van der Waals surface area contributed by atoms with Crippen LogP contribution in [0, 0.1) is 0 Å². The maximum absolute atomic E-state index is 5.66. The highest BCUT2D eigenvalue weighted by atomic mass is 32.2. The molecule has 0 spiro atoms. The van der Waals surface area contributed by atoms with Crippen LogP contribution in [0.2, 0.25) is 0 Å². The Kier molecular flexibility index (Phi) is 3.29. The summed E-state index contributed by atoms with van der Waals surface area (Å²) >= 11 is 1.59. The first-order chi connectivity index (χ1) is 9.24. The minimum atomic E-state index is 0.239. The molecule has 3 rings (SSSR count). The van der Waals surface area contributed by atoms with Crippen LogP contribution in [0.25, 0.3) is 0 Å². The monoisotopic (exact) mass is 273 g/mol. The van der Waals surface area contributed by atoms with E-state index in [0.717, 1.165) is 5.03 Å². The Morgan fingerprint density at radius 1 is 1.16 bits per heavy atom. The van der Waals surface area contributed by atoms with E-state index in [2.05, 4.69) is 28.2 Å². The Morgan fingerprint density at radius 3 is 2.84 bits per heavy atom. The largest absolute Gasteiger partial charge is 0.481 e. The third kappa shape index (κ3) is 2.66. The molecule has 5 heteroatoms. The average Bonchev–Trinajstić information content (AvgIpc) is 2.85. The van der Waals surface area contributed by atoms with Crippen LogP contribution >= 0.6 is 11.8 Å². The normalized spacial score (nSPS) is 13.3. The van der Waals surface area contributed by atoms with E-state index in [-0.39, 0.29) is 5.95 Å². The molecule has 98 valence electrons. The molecule has 0 radical (unpaired) electrons. The Hall–Kier alpha value is -1.75. The van der Waals surface area contributed by atoms with Crippen LogP contribution in [-0.4, -0.2) is 17.1 Å². The number of benzene rings is 1. The van der Waals surface area contributed by atoms with E-state index in [0.29, 0.717) is 5.88 Å². The minimum absolute atomic E-state index is 0.239. The van der Waals surface area contributed by atoms with Crippen molar-refractivity contribution in [1.29, 1.82) is 0 Å².